The molecule has 2 rings (SSSR count). The number of allylic oxidation sites excluding steroid dienone is 4. The average Bonchev–Trinajstić information content (AvgIpc) is 3.32. The normalized spacial score (nSPS) is 38.0. The Hall–Kier alpha value is -3.80. The zero-order chi connectivity index (χ0) is 55.9. The van der Waals surface area contributed by atoms with E-state index in [9.17, 15) is 70.6 Å². The minimum absolute atomic E-state index is 0.0876. The number of cyclic esters (lactones) is 1. The highest BCUT2D eigenvalue weighted by molar-refractivity contribution is 5.90. The molecule has 19 unspecified atom stereocenters. The number of ether oxygens (including phenoxy) is 3. The molecule has 2 heterocycles. The molecule has 0 saturated carbocycles. The van der Waals surface area contributed by atoms with Crippen molar-refractivity contribution in [3.63, 3.8) is 0 Å². The third-order valence-corrected chi connectivity index (χ3v) is 14.6. The van der Waals surface area contributed by atoms with Gasteiger partial charge in [-0.15, -0.1) is 0 Å². The largest absolute Gasteiger partial charge is 0.481 e. The van der Waals surface area contributed by atoms with Crippen LogP contribution in [0.25, 0.3) is 0 Å². The second kappa shape index (κ2) is 33.4. The molecule has 2 aliphatic heterocycles. The van der Waals surface area contributed by atoms with E-state index in [0.717, 1.165) is 37.8 Å². The standard InChI is InChI=1S/C54H93N3O17/c1-31(15-13-11-9-10-12-14-22-57-53(55)56-8)23-35(5)51-34(4)17-20-42(60)36(6)44(62)25-38(58)24-39(72-50(69)29-48(66)67)26-40-27-46(64)52(70)54(71,74-40)30-47(65)33(3)16-19-41(59)37(7)45(63)28-43(61)32(2)18-21-49(68)73-51/h9-10,15,17-18,20-21,32-47,51-52,58-65,70-71H,11-14,16,19,22-30H2,1-8H3,(H,66,67)(H3,55,56,57)/b10-9+,20-17-,21-18+,31-15+. The number of fused-ring (bicyclic) bond motifs is 2. The Labute approximate surface area is 438 Å². The number of hydrogen-bond acceptors (Lipinski definition) is 17. The quantitative estimate of drug-likeness (QED) is 0.0315. The van der Waals surface area contributed by atoms with E-state index in [1.165, 1.54) is 18.2 Å². The van der Waals surface area contributed by atoms with Gasteiger partial charge in [-0.1, -0.05) is 83.6 Å². The Balaban J connectivity index is 2.44. The van der Waals surface area contributed by atoms with Gasteiger partial charge in [0.25, 0.3) is 0 Å². The number of esters is 2. The summed E-state index contributed by atoms with van der Waals surface area (Å²) in [6.07, 6.45) is -1.85. The fraction of sp³-hybridized carbons (Fsp3) is 0.778. The third kappa shape index (κ3) is 24.0. The topological polar surface area (TPSA) is 352 Å². The fourth-order valence-electron chi connectivity index (χ4n) is 9.43. The van der Waals surface area contributed by atoms with Crippen molar-refractivity contribution in [2.75, 3.05) is 13.6 Å². The van der Waals surface area contributed by atoms with E-state index in [-0.39, 0.29) is 50.9 Å². The van der Waals surface area contributed by atoms with Crippen LogP contribution in [-0.2, 0) is 28.6 Å². The number of guanidine groups is 1. The van der Waals surface area contributed by atoms with E-state index in [0.29, 0.717) is 12.4 Å². The first-order chi connectivity index (χ1) is 34.7. The fourth-order valence-corrected chi connectivity index (χ4v) is 9.43. The molecule has 0 aromatic carbocycles. The molecule has 2 bridgehead atoms. The number of rotatable bonds is 13. The maximum Gasteiger partial charge on any atom is 0.330 e. The van der Waals surface area contributed by atoms with E-state index >= 15 is 0 Å². The van der Waals surface area contributed by atoms with Gasteiger partial charge < -0.3 is 81.4 Å². The first-order valence-corrected chi connectivity index (χ1v) is 26.5. The van der Waals surface area contributed by atoms with Gasteiger partial charge in [0.05, 0.1) is 54.9 Å². The predicted molar refractivity (Wildman–Crippen MR) is 278 cm³/mol. The van der Waals surface area contributed by atoms with Crippen LogP contribution < -0.4 is 11.1 Å². The van der Waals surface area contributed by atoms with E-state index in [1.807, 2.05) is 20.8 Å². The Morgan fingerprint density at radius 1 is 0.824 bits per heavy atom. The third-order valence-electron chi connectivity index (χ3n) is 14.6. The summed E-state index contributed by atoms with van der Waals surface area (Å²) in [5.41, 5.74) is 6.75. The number of unbranched alkanes of at least 4 members (excludes halogenated alkanes) is 2. The molecule has 0 aromatic rings. The zero-order valence-corrected chi connectivity index (χ0v) is 44.9. The molecule has 0 radical (unpaired) electrons. The lowest BCUT2D eigenvalue weighted by molar-refractivity contribution is -0.333. The lowest BCUT2D eigenvalue weighted by atomic mass is 9.83. The summed E-state index contributed by atoms with van der Waals surface area (Å²) in [6.45, 7) is 13.0. The Kier molecular flexibility index (Phi) is 29.9. The lowest BCUT2D eigenvalue weighted by Gasteiger charge is -2.45. The van der Waals surface area contributed by atoms with Crippen molar-refractivity contribution in [1.29, 1.82) is 0 Å². The summed E-state index contributed by atoms with van der Waals surface area (Å²) in [5.74, 6) is -8.95. The molecule has 1 saturated heterocycles. The molecular weight excluding hydrogens is 963 g/mol. The molecule has 19 atom stereocenters. The zero-order valence-electron chi connectivity index (χ0n) is 44.9. The van der Waals surface area contributed by atoms with Crippen molar-refractivity contribution in [1.82, 2.24) is 5.32 Å². The van der Waals surface area contributed by atoms with E-state index < -0.39 is 139 Å². The van der Waals surface area contributed by atoms with Gasteiger partial charge >= 0.3 is 17.9 Å². The average molecular weight is 1060 g/mol. The van der Waals surface area contributed by atoms with Crippen LogP contribution in [0.4, 0.5) is 0 Å². The maximum absolute atomic E-state index is 13.5. The minimum Gasteiger partial charge on any atom is -0.481 e. The smallest absolute Gasteiger partial charge is 0.330 e. The highest BCUT2D eigenvalue weighted by atomic mass is 16.7. The summed E-state index contributed by atoms with van der Waals surface area (Å²) >= 11 is 0. The van der Waals surface area contributed by atoms with E-state index in [2.05, 4.69) is 28.5 Å². The summed E-state index contributed by atoms with van der Waals surface area (Å²) in [4.78, 5) is 41.3. The Bertz CT molecular complexity index is 1830. The number of carbonyl (C=O) groups excluding carboxylic acids is 2. The SMILES string of the molecule is CN=C(N)NCCC/C=C/CC/C=C(\C)CC(C)C1OC(=O)/C=C/C(C)C(O)CC(O)C(C)C(O)CCC(C)C(O)CC2(O)OC(CC(OC(=O)CC(=O)O)CC(O)CC(O)C(C)C(O)/C=C\C1C)CC(O)C2O. The van der Waals surface area contributed by atoms with Crippen LogP contribution in [0.2, 0.25) is 0 Å². The van der Waals surface area contributed by atoms with Crippen molar-refractivity contribution in [2.45, 2.75) is 217 Å². The summed E-state index contributed by atoms with van der Waals surface area (Å²) in [6, 6.07) is 0. The van der Waals surface area contributed by atoms with Crippen molar-refractivity contribution < 1.29 is 84.8 Å². The monoisotopic (exact) mass is 1060 g/mol. The predicted octanol–water partition coefficient (Wildman–Crippen LogP) is 2.67. The number of aliphatic carboxylic acids is 1. The molecule has 0 aliphatic carbocycles. The summed E-state index contributed by atoms with van der Waals surface area (Å²) < 4.78 is 17.4. The molecule has 74 heavy (non-hydrogen) atoms. The molecule has 0 aromatic heterocycles. The van der Waals surface area contributed by atoms with Gasteiger partial charge in [-0.05, 0) is 70.1 Å². The van der Waals surface area contributed by atoms with Crippen LogP contribution in [0.1, 0.15) is 138 Å². The number of aliphatic hydroxyl groups excluding tert-OH is 9. The van der Waals surface area contributed by atoms with Crippen LogP contribution in [0, 0.1) is 35.5 Å². The number of nitrogens with two attached hydrogens (primary N) is 1. The highest BCUT2D eigenvalue weighted by Gasteiger charge is 2.50. The number of carbonyl (C=O) groups is 3. The van der Waals surface area contributed by atoms with Crippen molar-refractivity contribution in [3.8, 4) is 0 Å². The van der Waals surface area contributed by atoms with Gasteiger partial charge in [0.1, 0.15) is 24.7 Å². The summed E-state index contributed by atoms with van der Waals surface area (Å²) in [7, 11) is 1.63. The molecule has 0 amide bonds. The van der Waals surface area contributed by atoms with Crippen LogP contribution in [0.5, 0.6) is 0 Å². The molecule has 14 N–H and O–H groups in total. The van der Waals surface area contributed by atoms with E-state index in [1.54, 1.807) is 40.8 Å². The molecule has 20 heteroatoms. The maximum atomic E-state index is 13.5. The number of hydrogen-bond donors (Lipinski definition) is 13. The van der Waals surface area contributed by atoms with Gasteiger partial charge in [-0.2, -0.15) is 0 Å². The molecule has 2 aliphatic rings. The van der Waals surface area contributed by atoms with Crippen LogP contribution >= 0.6 is 0 Å². The molecule has 426 valence electrons. The van der Waals surface area contributed by atoms with Crippen molar-refractivity contribution >= 4 is 23.9 Å². The van der Waals surface area contributed by atoms with E-state index in [4.69, 9.17) is 19.9 Å². The number of carboxylic acids is 1. The van der Waals surface area contributed by atoms with Gasteiger partial charge in [0.2, 0.25) is 0 Å². The first kappa shape index (κ1) is 66.3. The summed E-state index contributed by atoms with van der Waals surface area (Å²) in [5, 5.41) is 124. The van der Waals surface area contributed by atoms with Crippen LogP contribution in [0.3, 0.4) is 0 Å². The second-order valence-corrected chi connectivity index (χ2v) is 21.2. The Morgan fingerprint density at radius 3 is 2.15 bits per heavy atom. The number of nitrogens with zero attached hydrogens (tertiary/aromatic N) is 1. The molecule has 1 fully saturated rings. The number of carboxylic acid groups (broad SMARTS) is 1. The first-order valence-electron chi connectivity index (χ1n) is 26.5. The lowest BCUT2D eigenvalue weighted by Crippen LogP contribution is -2.60. The number of aliphatic imine (C=N–C) groups is 1. The highest BCUT2D eigenvalue weighted by Crippen LogP contribution is 2.36. The van der Waals surface area contributed by atoms with Crippen molar-refractivity contribution in [3.05, 3.63) is 48.1 Å². The van der Waals surface area contributed by atoms with Gasteiger partial charge in [-0.25, -0.2) is 4.79 Å². The van der Waals surface area contributed by atoms with Crippen LogP contribution in [-0.4, -0.2) is 173 Å². The number of aliphatic hydroxyl groups is 10. The van der Waals surface area contributed by atoms with Crippen LogP contribution in [0.15, 0.2) is 53.1 Å². The molecule has 0 spiro atoms. The van der Waals surface area contributed by atoms with Gasteiger partial charge in [-0.3, -0.25) is 14.6 Å². The second-order valence-electron chi connectivity index (χ2n) is 21.2. The van der Waals surface area contributed by atoms with Gasteiger partial charge in [0.15, 0.2) is 11.7 Å². The van der Waals surface area contributed by atoms with Gasteiger partial charge in [0, 0.05) is 75.4 Å². The van der Waals surface area contributed by atoms with Crippen molar-refractivity contribution in [2.24, 2.45) is 46.2 Å². The minimum atomic E-state index is -2.52. The molecular formula is C54H93N3O17. The molecule has 20 nitrogen and oxygen atoms in total. The number of nitrogens with one attached hydrogen (secondary N) is 1. The Morgan fingerprint density at radius 2 is 1.49 bits per heavy atom.